The number of aromatic nitrogens is 4. The SMILES string of the molecule is CCOc1ccc([C@H](c2nnnn2C2CCCCC2)N2CCN(CC)CC2)cc1. The molecule has 2 aliphatic rings. The molecule has 1 aliphatic heterocycles. The van der Waals surface area contributed by atoms with E-state index in [0.717, 1.165) is 44.3 Å². The fraction of sp³-hybridized carbons (Fsp3) is 0.682. The lowest BCUT2D eigenvalue weighted by molar-refractivity contribution is 0.107. The van der Waals surface area contributed by atoms with Crippen LogP contribution in [0.2, 0.25) is 0 Å². The Kier molecular flexibility index (Phi) is 6.77. The van der Waals surface area contributed by atoms with E-state index in [1.165, 1.54) is 37.7 Å². The van der Waals surface area contributed by atoms with Crippen LogP contribution in [-0.2, 0) is 0 Å². The molecule has 0 unspecified atom stereocenters. The Balaban J connectivity index is 1.64. The fourth-order valence-corrected chi connectivity index (χ4v) is 4.74. The Hall–Kier alpha value is -1.99. The van der Waals surface area contributed by atoms with Crippen LogP contribution >= 0.6 is 0 Å². The quantitative estimate of drug-likeness (QED) is 0.713. The highest BCUT2D eigenvalue weighted by Crippen LogP contribution is 2.34. The van der Waals surface area contributed by atoms with Gasteiger partial charge < -0.3 is 9.64 Å². The van der Waals surface area contributed by atoms with Crippen LogP contribution in [0, 0.1) is 0 Å². The van der Waals surface area contributed by atoms with E-state index in [1.807, 2.05) is 6.92 Å². The minimum atomic E-state index is 0.0848. The summed E-state index contributed by atoms with van der Waals surface area (Å²) in [6.07, 6.45) is 6.23. The molecule has 2 fully saturated rings. The number of tetrazole rings is 1. The number of ether oxygens (including phenoxy) is 1. The molecule has 0 bridgehead atoms. The van der Waals surface area contributed by atoms with Crippen molar-refractivity contribution in [2.24, 2.45) is 0 Å². The van der Waals surface area contributed by atoms with Gasteiger partial charge in [0.25, 0.3) is 0 Å². The van der Waals surface area contributed by atoms with Crippen molar-refractivity contribution in [3.63, 3.8) is 0 Å². The van der Waals surface area contributed by atoms with Gasteiger partial charge in [-0.1, -0.05) is 38.3 Å². The van der Waals surface area contributed by atoms with Crippen LogP contribution in [-0.4, -0.2) is 69.3 Å². The van der Waals surface area contributed by atoms with Gasteiger partial charge in [0, 0.05) is 26.2 Å². The highest BCUT2D eigenvalue weighted by atomic mass is 16.5. The number of hydrogen-bond donors (Lipinski definition) is 0. The minimum Gasteiger partial charge on any atom is -0.494 e. The second kappa shape index (κ2) is 9.67. The largest absolute Gasteiger partial charge is 0.494 e. The topological polar surface area (TPSA) is 59.3 Å². The Morgan fingerprint density at radius 2 is 1.72 bits per heavy atom. The van der Waals surface area contributed by atoms with E-state index in [1.54, 1.807) is 0 Å². The first-order valence-electron chi connectivity index (χ1n) is 11.3. The maximum Gasteiger partial charge on any atom is 0.173 e. The molecule has 1 atom stereocenters. The van der Waals surface area contributed by atoms with Crippen LogP contribution < -0.4 is 4.74 Å². The van der Waals surface area contributed by atoms with E-state index < -0.39 is 0 Å². The Bertz CT molecular complexity index is 747. The lowest BCUT2D eigenvalue weighted by Crippen LogP contribution is -2.48. The van der Waals surface area contributed by atoms with Crippen LogP contribution in [0.4, 0.5) is 0 Å². The van der Waals surface area contributed by atoms with Crippen LogP contribution in [0.3, 0.4) is 0 Å². The number of nitrogens with zero attached hydrogens (tertiary/aromatic N) is 6. The van der Waals surface area contributed by atoms with Crippen molar-refractivity contribution in [2.75, 3.05) is 39.3 Å². The zero-order chi connectivity index (χ0) is 20.1. The van der Waals surface area contributed by atoms with Gasteiger partial charge in [-0.05, 0) is 54.4 Å². The predicted molar refractivity (Wildman–Crippen MR) is 113 cm³/mol. The maximum atomic E-state index is 5.66. The third kappa shape index (κ3) is 4.61. The maximum absolute atomic E-state index is 5.66. The summed E-state index contributed by atoms with van der Waals surface area (Å²) >= 11 is 0. The highest BCUT2D eigenvalue weighted by molar-refractivity contribution is 5.32. The third-order valence-corrected chi connectivity index (χ3v) is 6.41. The Labute approximate surface area is 174 Å². The van der Waals surface area contributed by atoms with Gasteiger partial charge in [0.15, 0.2) is 5.82 Å². The number of hydrogen-bond acceptors (Lipinski definition) is 6. The molecule has 0 spiro atoms. The normalized spacial score (nSPS) is 20.6. The average Bonchev–Trinajstić information content (AvgIpc) is 3.26. The molecule has 158 valence electrons. The summed E-state index contributed by atoms with van der Waals surface area (Å²) in [7, 11) is 0. The van der Waals surface area contributed by atoms with E-state index in [0.29, 0.717) is 12.6 Å². The first-order valence-corrected chi connectivity index (χ1v) is 11.3. The molecule has 1 aliphatic carbocycles. The standard InChI is InChI=1S/C22H34N6O/c1-3-26-14-16-27(17-15-26)21(18-10-12-20(13-11-18)29-4-2)22-23-24-25-28(22)19-8-6-5-7-9-19/h10-13,19,21H,3-9,14-17H2,1-2H3/t21-/m1/s1. The lowest BCUT2D eigenvalue weighted by Gasteiger charge is -2.39. The van der Waals surface area contributed by atoms with Crippen molar-refractivity contribution < 1.29 is 4.74 Å². The van der Waals surface area contributed by atoms with Gasteiger partial charge in [-0.2, -0.15) is 0 Å². The third-order valence-electron chi connectivity index (χ3n) is 6.41. The highest BCUT2D eigenvalue weighted by Gasteiger charge is 2.32. The van der Waals surface area contributed by atoms with E-state index in [9.17, 15) is 0 Å². The molecule has 2 aromatic rings. The molecule has 29 heavy (non-hydrogen) atoms. The van der Waals surface area contributed by atoms with Crippen molar-refractivity contribution in [3.05, 3.63) is 35.7 Å². The fourth-order valence-electron chi connectivity index (χ4n) is 4.74. The van der Waals surface area contributed by atoms with Crippen molar-refractivity contribution in [1.82, 2.24) is 30.0 Å². The summed E-state index contributed by atoms with van der Waals surface area (Å²) in [6.45, 7) is 10.3. The van der Waals surface area contributed by atoms with Crippen LogP contribution in [0.1, 0.15) is 69.4 Å². The molecule has 1 aromatic heterocycles. The molecule has 1 saturated heterocycles. The van der Waals surface area contributed by atoms with Gasteiger partial charge in [-0.3, -0.25) is 4.90 Å². The zero-order valence-electron chi connectivity index (χ0n) is 17.8. The van der Waals surface area contributed by atoms with Crippen molar-refractivity contribution >= 4 is 0 Å². The van der Waals surface area contributed by atoms with Crippen LogP contribution in [0.5, 0.6) is 5.75 Å². The van der Waals surface area contributed by atoms with E-state index in [2.05, 4.69) is 61.2 Å². The molecule has 0 radical (unpaired) electrons. The van der Waals surface area contributed by atoms with Crippen molar-refractivity contribution in [1.29, 1.82) is 0 Å². The second-order valence-corrected chi connectivity index (χ2v) is 8.15. The molecule has 1 saturated carbocycles. The molecule has 2 heterocycles. The number of likely N-dealkylation sites (N-methyl/N-ethyl adjacent to an activating group) is 1. The molecule has 0 amide bonds. The predicted octanol–water partition coefficient (Wildman–Crippen LogP) is 3.30. The molecule has 7 nitrogen and oxygen atoms in total. The van der Waals surface area contributed by atoms with Gasteiger partial charge in [0.1, 0.15) is 5.75 Å². The molecule has 0 N–H and O–H groups in total. The number of benzene rings is 1. The smallest absolute Gasteiger partial charge is 0.173 e. The van der Waals surface area contributed by atoms with E-state index in [-0.39, 0.29) is 6.04 Å². The number of piperazine rings is 1. The van der Waals surface area contributed by atoms with Gasteiger partial charge in [0.05, 0.1) is 18.7 Å². The Morgan fingerprint density at radius 1 is 1.00 bits per heavy atom. The molecular weight excluding hydrogens is 364 g/mol. The summed E-state index contributed by atoms with van der Waals surface area (Å²) in [4.78, 5) is 5.06. The molecule has 4 rings (SSSR count). The van der Waals surface area contributed by atoms with Gasteiger partial charge >= 0.3 is 0 Å². The summed E-state index contributed by atoms with van der Waals surface area (Å²) < 4.78 is 7.79. The van der Waals surface area contributed by atoms with Crippen molar-refractivity contribution in [2.45, 2.75) is 58.0 Å². The zero-order valence-corrected chi connectivity index (χ0v) is 17.8. The summed E-state index contributed by atoms with van der Waals surface area (Å²) in [5.74, 6) is 1.91. The molecule has 7 heteroatoms. The second-order valence-electron chi connectivity index (χ2n) is 8.15. The Morgan fingerprint density at radius 3 is 2.38 bits per heavy atom. The first kappa shape index (κ1) is 20.3. The van der Waals surface area contributed by atoms with Gasteiger partial charge in [-0.15, -0.1) is 5.10 Å². The van der Waals surface area contributed by atoms with E-state index >= 15 is 0 Å². The van der Waals surface area contributed by atoms with Gasteiger partial charge in [-0.25, -0.2) is 4.68 Å². The average molecular weight is 399 g/mol. The minimum absolute atomic E-state index is 0.0848. The lowest BCUT2D eigenvalue weighted by atomic mass is 9.95. The summed E-state index contributed by atoms with van der Waals surface area (Å²) in [5.41, 5.74) is 1.24. The summed E-state index contributed by atoms with van der Waals surface area (Å²) in [6, 6.07) is 9.02. The number of rotatable bonds is 7. The van der Waals surface area contributed by atoms with Crippen LogP contribution in [0.15, 0.2) is 24.3 Å². The monoisotopic (exact) mass is 398 g/mol. The van der Waals surface area contributed by atoms with E-state index in [4.69, 9.17) is 4.74 Å². The van der Waals surface area contributed by atoms with Crippen molar-refractivity contribution in [3.8, 4) is 5.75 Å². The summed E-state index contributed by atoms with van der Waals surface area (Å²) in [5, 5.41) is 13.1. The molecular formula is C22H34N6O. The first-order chi connectivity index (χ1) is 14.3. The molecule has 1 aromatic carbocycles. The van der Waals surface area contributed by atoms with Gasteiger partial charge in [0.2, 0.25) is 0 Å². The van der Waals surface area contributed by atoms with Crippen LogP contribution in [0.25, 0.3) is 0 Å².